The van der Waals surface area contributed by atoms with Gasteiger partial charge in [-0.1, -0.05) is 40.9 Å². The molecule has 0 aromatic carbocycles. The Kier molecular flexibility index (Phi) is 8.72. The monoisotopic (exact) mass is 814 g/mol. The van der Waals surface area contributed by atoms with Crippen LogP contribution in [0.15, 0.2) is 5.16 Å². The molecule has 9 heteroatoms. The van der Waals surface area contributed by atoms with Crippen molar-refractivity contribution >= 4 is 93.1 Å². The third-order valence-corrected chi connectivity index (χ3v) is 7.18. The average Bonchev–Trinajstić information content (AvgIpc) is 3.16. The topological polar surface area (TPSA) is 26.0 Å². The Morgan fingerprint density at radius 2 is 2.12 bits per heavy atom. The molecule has 2 aliphatic rings. The van der Waals surface area contributed by atoms with Crippen LogP contribution in [0.25, 0.3) is 10.2 Å². The molecule has 0 spiro atoms. The van der Waals surface area contributed by atoms with Gasteiger partial charge in [0.05, 0.1) is 0 Å². The SMILES string of the molecule is CCSc1nc2sc3c(c2c2[n+]1CC(CI)O2)CCCC3.I[I-]I. The summed E-state index contributed by atoms with van der Waals surface area (Å²) in [5, 5.41) is 2.45. The van der Waals surface area contributed by atoms with Crippen LogP contribution in [-0.4, -0.2) is 21.3 Å². The number of ether oxygens (including phenoxy) is 1. The number of alkyl halides is 1. The van der Waals surface area contributed by atoms with E-state index >= 15 is 0 Å². The number of thioether (sulfide) groups is 1. The molecule has 1 aliphatic carbocycles. The maximum atomic E-state index is 6.29. The molecule has 0 N–H and O–H groups in total. The van der Waals surface area contributed by atoms with E-state index in [9.17, 15) is 0 Å². The quantitative estimate of drug-likeness (QED) is 0.157. The van der Waals surface area contributed by atoms with Gasteiger partial charge in [-0.05, 0) is 48.0 Å². The fourth-order valence-electron chi connectivity index (χ4n) is 3.22. The predicted octanol–water partition coefficient (Wildman–Crippen LogP) is 2.55. The molecule has 3 nitrogen and oxygen atoms in total. The first-order valence-corrected chi connectivity index (χ1v) is 23.7. The van der Waals surface area contributed by atoms with Gasteiger partial charge < -0.3 is 4.74 Å². The van der Waals surface area contributed by atoms with Crippen LogP contribution in [0.1, 0.15) is 30.2 Å². The van der Waals surface area contributed by atoms with Gasteiger partial charge in [0.2, 0.25) is 4.83 Å². The number of hydrogen-bond acceptors (Lipinski definition) is 4. The zero-order valence-corrected chi connectivity index (χ0v) is 23.4. The van der Waals surface area contributed by atoms with Crippen LogP contribution in [0.2, 0.25) is 0 Å². The van der Waals surface area contributed by atoms with Crippen molar-refractivity contribution in [3.05, 3.63) is 10.4 Å². The minimum atomic E-state index is 0.299. The van der Waals surface area contributed by atoms with Crippen LogP contribution in [0, 0.1) is 0 Å². The summed E-state index contributed by atoms with van der Waals surface area (Å²) in [6.45, 7) is 3.14. The van der Waals surface area contributed by atoms with E-state index < -0.39 is 0 Å². The molecule has 134 valence electrons. The van der Waals surface area contributed by atoms with Gasteiger partial charge >= 0.3 is 55.6 Å². The summed E-state index contributed by atoms with van der Waals surface area (Å²) in [5.74, 6) is 2.15. The van der Waals surface area contributed by atoms with Crippen LogP contribution in [0.3, 0.4) is 0 Å². The number of hydrogen-bond donors (Lipinski definition) is 0. The summed E-state index contributed by atoms with van der Waals surface area (Å²) in [6.07, 6.45) is 5.35. The van der Waals surface area contributed by atoms with Gasteiger partial charge in [-0.25, -0.2) is 0 Å². The molecule has 0 bridgehead atoms. The molecule has 0 amide bonds. The normalized spacial score (nSPS) is 18.8. The van der Waals surface area contributed by atoms with Gasteiger partial charge in [-0.3, -0.25) is 0 Å². The average molecular weight is 814 g/mol. The summed E-state index contributed by atoms with van der Waals surface area (Å²) in [6, 6.07) is 0. The Balaban J connectivity index is 0.000000526. The van der Waals surface area contributed by atoms with Gasteiger partial charge in [0.25, 0.3) is 5.88 Å². The molecule has 1 atom stereocenters. The van der Waals surface area contributed by atoms with E-state index in [4.69, 9.17) is 9.72 Å². The molecule has 0 saturated carbocycles. The van der Waals surface area contributed by atoms with Crippen molar-refractivity contribution < 1.29 is 22.6 Å². The van der Waals surface area contributed by atoms with Gasteiger partial charge in [0, 0.05) is 15.1 Å². The molecule has 2 aromatic rings. The molecule has 4 rings (SSSR count). The molecule has 0 radical (unpaired) electrons. The van der Waals surface area contributed by atoms with Gasteiger partial charge in [0.15, 0.2) is 0 Å². The first kappa shape index (κ1) is 20.8. The van der Waals surface area contributed by atoms with E-state index in [1.165, 1.54) is 41.5 Å². The third kappa shape index (κ3) is 4.40. The maximum absolute atomic E-state index is 6.29. The zero-order chi connectivity index (χ0) is 17.1. The summed E-state index contributed by atoms with van der Waals surface area (Å²) in [5.41, 5.74) is 1.53. The Labute approximate surface area is 194 Å². The summed E-state index contributed by atoms with van der Waals surface area (Å²) in [4.78, 5) is 7.71. The number of halogens is 4. The molecular weight excluding hydrogens is 796 g/mol. The molecular formula is C15H18I4N2OS2. The van der Waals surface area contributed by atoms with Crippen molar-refractivity contribution in [1.82, 2.24) is 4.98 Å². The van der Waals surface area contributed by atoms with E-state index in [1.807, 2.05) is 23.1 Å². The first-order chi connectivity index (χ1) is 11.7. The molecule has 24 heavy (non-hydrogen) atoms. The van der Waals surface area contributed by atoms with Crippen LogP contribution in [0.5, 0.6) is 5.88 Å². The second kappa shape index (κ2) is 10.0. The fraction of sp³-hybridized carbons (Fsp3) is 0.600. The van der Waals surface area contributed by atoms with Crippen LogP contribution in [-0.2, 0) is 19.4 Å². The van der Waals surface area contributed by atoms with E-state index in [1.54, 1.807) is 4.88 Å². The summed E-state index contributed by atoms with van der Waals surface area (Å²) < 4.78 is 9.64. The van der Waals surface area contributed by atoms with Crippen molar-refractivity contribution in [2.24, 2.45) is 0 Å². The molecule has 3 heterocycles. The summed E-state index contributed by atoms with van der Waals surface area (Å²) >= 11 is 11.4. The number of nitrogens with zero attached hydrogens (tertiary/aromatic N) is 2. The standard InChI is InChI=1S/C15H18IN2OS2.I3/c1-2-20-15-17-13-12(10-5-3-4-6-11(10)21-13)14-18(15)8-9(7-16)19-14;1-3-2/h9H,2-8H2,1H3;/q+1;-1. The molecule has 1 aliphatic heterocycles. The van der Waals surface area contributed by atoms with Crippen molar-refractivity contribution in [2.45, 2.75) is 50.4 Å². The van der Waals surface area contributed by atoms with Crippen molar-refractivity contribution in [3.63, 3.8) is 0 Å². The van der Waals surface area contributed by atoms with E-state index in [0.717, 1.165) is 27.8 Å². The van der Waals surface area contributed by atoms with Crippen molar-refractivity contribution in [3.8, 4) is 5.88 Å². The Morgan fingerprint density at radius 3 is 2.83 bits per heavy atom. The number of rotatable bonds is 3. The van der Waals surface area contributed by atoms with E-state index in [2.05, 4.69) is 71.3 Å². The molecule has 1 unspecified atom stereocenters. The molecule has 2 aromatic heterocycles. The Bertz CT molecular complexity index is 725. The first-order valence-electron chi connectivity index (χ1n) is 7.84. The second-order valence-corrected chi connectivity index (χ2v) is 25.0. The number of aromatic nitrogens is 2. The van der Waals surface area contributed by atoms with Gasteiger partial charge in [-0.2, -0.15) is 4.57 Å². The van der Waals surface area contributed by atoms with E-state index in [0.29, 0.717) is 19.4 Å². The van der Waals surface area contributed by atoms with Crippen LogP contribution in [0.4, 0.5) is 0 Å². The predicted molar refractivity (Wildman–Crippen MR) is 124 cm³/mol. The molecule has 0 fully saturated rings. The number of aryl methyl sites for hydroxylation is 2. The van der Waals surface area contributed by atoms with Crippen LogP contribution < -0.4 is 22.6 Å². The number of thiophene rings is 1. The van der Waals surface area contributed by atoms with Crippen molar-refractivity contribution in [2.75, 3.05) is 10.2 Å². The Hall–Kier alpha value is 2.11. The van der Waals surface area contributed by atoms with E-state index in [-0.39, 0.29) is 0 Å². The zero-order valence-electron chi connectivity index (χ0n) is 13.2. The fourth-order valence-corrected chi connectivity index (χ4v) is 5.72. The van der Waals surface area contributed by atoms with Gasteiger partial charge in [-0.15, -0.1) is 0 Å². The third-order valence-electron chi connectivity index (χ3n) is 4.15. The summed E-state index contributed by atoms with van der Waals surface area (Å²) in [7, 11) is 0. The molecule has 0 saturated heterocycles. The van der Waals surface area contributed by atoms with Crippen molar-refractivity contribution in [1.29, 1.82) is 0 Å². The second-order valence-electron chi connectivity index (χ2n) is 5.58. The number of fused-ring (bicyclic) bond motifs is 5. The van der Waals surface area contributed by atoms with Gasteiger partial charge in [0.1, 0.15) is 18.0 Å². The minimum absolute atomic E-state index is 0.299. The Morgan fingerprint density at radius 1 is 1.38 bits per heavy atom. The van der Waals surface area contributed by atoms with Crippen LogP contribution >= 0.6 is 82.9 Å².